The summed E-state index contributed by atoms with van der Waals surface area (Å²) >= 11 is 0. The summed E-state index contributed by atoms with van der Waals surface area (Å²) in [5.41, 5.74) is 0.977. The minimum atomic E-state index is -1.56. The topological polar surface area (TPSA) is 40.5 Å². The van der Waals surface area contributed by atoms with Gasteiger partial charge >= 0.3 is 0 Å². The Hall–Kier alpha value is -0.860. The van der Waals surface area contributed by atoms with Crippen molar-refractivity contribution in [3.05, 3.63) is 35.9 Å². The molecule has 1 aromatic rings. The van der Waals surface area contributed by atoms with Crippen LogP contribution in [0.25, 0.3) is 0 Å². The fourth-order valence-electron chi connectivity index (χ4n) is 2.15. The quantitative estimate of drug-likeness (QED) is 0.547. The first-order chi connectivity index (χ1) is 8.49. The van der Waals surface area contributed by atoms with Crippen LogP contribution in [0.3, 0.4) is 0 Å². The molecular formula is C16H26O2. The first-order valence-electron chi connectivity index (χ1n) is 6.98. The van der Waals surface area contributed by atoms with Crippen LogP contribution >= 0.6 is 0 Å². The van der Waals surface area contributed by atoms with Crippen molar-refractivity contribution in [2.45, 2.75) is 58.2 Å². The third-order valence-corrected chi connectivity index (χ3v) is 3.19. The van der Waals surface area contributed by atoms with E-state index in [9.17, 15) is 10.2 Å². The van der Waals surface area contributed by atoms with E-state index in [1.54, 1.807) is 0 Å². The average molecular weight is 250 g/mol. The molecule has 1 aromatic carbocycles. The van der Waals surface area contributed by atoms with Crippen LogP contribution in [-0.4, -0.2) is 16.0 Å². The fourth-order valence-corrected chi connectivity index (χ4v) is 2.15. The Morgan fingerprint density at radius 1 is 1.00 bits per heavy atom. The second kappa shape index (κ2) is 7.55. The number of unbranched alkanes of at least 4 members (excludes halogenated alkanes) is 2. The van der Waals surface area contributed by atoms with Crippen molar-refractivity contribution in [3.63, 3.8) is 0 Å². The number of aliphatic hydroxyl groups is 2. The van der Waals surface area contributed by atoms with E-state index in [2.05, 4.69) is 13.8 Å². The highest BCUT2D eigenvalue weighted by atomic mass is 16.5. The molecule has 0 aliphatic carbocycles. The van der Waals surface area contributed by atoms with Crippen molar-refractivity contribution in [3.8, 4) is 0 Å². The molecule has 0 aliphatic rings. The number of hydrogen-bond acceptors (Lipinski definition) is 2. The second-order valence-electron chi connectivity index (χ2n) is 5.64. The minimum absolute atomic E-state index is 0.317. The first kappa shape index (κ1) is 15.2. The Morgan fingerprint density at radius 2 is 1.67 bits per heavy atom. The summed E-state index contributed by atoms with van der Waals surface area (Å²) in [5.74, 6) is -0.818. The van der Waals surface area contributed by atoms with E-state index in [0.29, 0.717) is 12.8 Å². The molecule has 2 nitrogen and oxygen atoms in total. The molecule has 0 heterocycles. The molecule has 0 radical (unpaired) electrons. The zero-order valence-corrected chi connectivity index (χ0v) is 11.6. The van der Waals surface area contributed by atoms with Gasteiger partial charge in [-0.2, -0.15) is 0 Å². The number of hydrogen-bond donors (Lipinski definition) is 2. The molecule has 1 rings (SSSR count). The lowest BCUT2D eigenvalue weighted by molar-refractivity contribution is -0.165. The van der Waals surface area contributed by atoms with Crippen LogP contribution in [0, 0.1) is 5.92 Å². The van der Waals surface area contributed by atoms with Crippen LogP contribution < -0.4 is 0 Å². The van der Waals surface area contributed by atoms with E-state index in [-0.39, 0.29) is 0 Å². The Kier molecular flexibility index (Phi) is 6.37. The summed E-state index contributed by atoms with van der Waals surface area (Å²) in [6.07, 6.45) is 5.14. The van der Waals surface area contributed by atoms with E-state index >= 15 is 0 Å². The second-order valence-corrected chi connectivity index (χ2v) is 5.64. The molecule has 0 amide bonds. The van der Waals surface area contributed by atoms with Crippen LogP contribution in [-0.2, 0) is 6.42 Å². The van der Waals surface area contributed by atoms with Gasteiger partial charge in [-0.25, -0.2) is 0 Å². The maximum atomic E-state index is 9.93. The lowest BCUT2D eigenvalue weighted by atomic mass is 9.98. The maximum absolute atomic E-state index is 9.93. The van der Waals surface area contributed by atoms with Crippen LogP contribution in [0.2, 0.25) is 0 Å². The third kappa shape index (κ3) is 6.77. The SMILES string of the molecule is CC(C)CCCCCC(O)(O)Cc1ccccc1. The van der Waals surface area contributed by atoms with Gasteiger partial charge in [0.2, 0.25) is 0 Å². The normalized spacial score (nSPS) is 12.1. The molecule has 0 saturated carbocycles. The predicted molar refractivity (Wildman–Crippen MR) is 75.2 cm³/mol. The largest absolute Gasteiger partial charge is 0.365 e. The number of benzene rings is 1. The highest BCUT2D eigenvalue weighted by Crippen LogP contribution is 2.19. The van der Waals surface area contributed by atoms with E-state index in [4.69, 9.17) is 0 Å². The third-order valence-electron chi connectivity index (χ3n) is 3.19. The predicted octanol–water partition coefficient (Wildman–Crippen LogP) is 3.52. The Balaban J connectivity index is 2.23. The summed E-state index contributed by atoms with van der Waals surface area (Å²) in [4.78, 5) is 0. The zero-order valence-electron chi connectivity index (χ0n) is 11.6. The van der Waals surface area contributed by atoms with Crippen molar-refractivity contribution in [2.24, 2.45) is 5.92 Å². The Labute approximate surface area is 111 Å². The molecule has 0 atom stereocenters. The lowest BCUT2D eigenvalue weighted by Crippen LogP contribution is -2.30. The van der Waals surface area contributed by atoms with Gasteiger partial charge < -0.3 is 10.2 Å². The van der Waals surface area contributed by atoms with E-state index < -0.39 is 5.79 Å². The summed E-state index contributed by atoms with van der Waals surface area (Å²) in [6, 6.07) is 9.65. The molecule has 0 aromatic heterocycles. The molecule has 0 unspecified atom stereocenters. The maximum Gasteiger partial charge on any atom is 0.166 e. The van der Waals surface area contributed by atoms with Gasteiger partial charge in [-0.15, -0.1) is 0 Å². The zero-order chi connectivity index (χ0) is 13.4. The van der Waals surface area contributed by atoms with Crippen molar-refractivity contribution >= 4 is 0 Å². The van der Waals surface area contributed by atoms with Crippen molar-refractivity contribution in [1.29, 1.82) is 0 Å². The summed E-state index contributed by atoms with van der Waals surface area (Å²) in [6.45, 7) is 4.44. The summed E-state index contributed by atoms with van der Waals surface area (Å²) in [5, 5.41) is 19.9. The molecule has 2 heteroatoms. The van der Waals surface area contributed by atoms with E-state index in [1.807, 2.05) is 30.3 Å². The van der Waals surface area contributed by atoms with Crippen molar-refractivity contribution in [1.82, 2.24) is 0 Å². The van der Waals surface area contributed by atoms with Gasteiger partial charge in [0.05, 0.1) is 0 Å². The molecule has 0 aliphatic heterocycles. The molecule has 0 saturated heterocycles. The molecule has 0 spiro atoms. The molecule has 18 heavy (non-hydrogen) atoms. The smallest absolute Gasteiger partial charge is 0.166 e. The van der Waals surface area contributed by atoms with Gasteiger partial charge in [0.15, 0.2) is 5.79 Å². The Bertz CT molecular complexity index is 317. The lowest BCUT2D eigenvalue weighted by Gasteiger charge is -2.21. The number of rotatable bonds is 8. The van der Waals surface area contributed by atoms with Crippen LogP contribution in [0.5, 0.6) is 0 Å². The van der Waals surface area contributed by atoms with Gasteiger partial charge in [-0.1, -0.05) is 63.4 Å². The average Bonchev–Trinajstić information content (AvgIpc) is 2.28. The molecular weight excluding hydrogens is 224 g/mol. The van der Waals surface area contributed by atoms with E-state index in [0.717, 1.165) is 24.3 Å². The fraction of sp³-hybridized carbons (Fsp3) is 0.625. The van der Waals surface area contributed by atoms with Gasteiger partial charge in [-0.05, 0) is 17.9 Å². The molecule has 2 N–H and O–H groups in total. The van der Waals surface area contributed by atoms with Gasteiger partial charge in [0.25, 0.3) is 0 Å². The minimum Gasteiger partial charge on any atom is -0.365 e. The standard InChI is InChI=1S/C16H26O2/c1-14(2)9-5-4-8-12-16(17,18)13-15-10-6-3-7-11-15/h3,6-7,10-11,14,17-18H,4-5,8-9,12-13H2,1-2H3. The highest BCUT2D eigenvalue weighted by Gasteiger charge is 2.22. The molecule has 0 bridgehead atoms. The highest BCUT2D eigenvalue weighted by molar-refractivity contribution is 5.16. The summed E-state index contributed by atoms with van der Waals surface area (Å²) < 4.78 is 0. The monoisotopic (exact) mass is 250 g/mol. The van der Waals surface area contributed by atoms with Crippen LogP contribution in [0.4, 0.5) is 0 Å². The summed E-state index contributed by atoms with van der Waals surface area (Å²) in [7, 11) is 0. The van der Waals surface area contributed by atoms with E-state index in [1.165, 1.54) is 12.8 Å². The Morgan fingerprint density at radius 3 is 2.28 bits per heavy atom. The van der Waals surface area contributed by atoms with Crippen molar-refractivity contribution in [2.75, 3.05) is 0 Å². The van der Waals surface area contributed by atoms with Gasteiger partial charge in [0.1, 0.15) is 0 Å². The van der Waals surface area contributed by atoms with Gasteiger partial charge in [-0.3, -0.25) is 0 Å². The first-order valence-corrected chi connectivity index (χ1v) is 6.98. The molecule has 0 fully saturated rings. The molecule has 102 valence electrons. The van der Waals surface area contributed by atoms with Crippen molar-refractivity contribution < 1.29 is 10.2 Å². The van der Waals surface area contributed by atoms with Crippen LogP contribution in [0.1, 0.15) is 51.5 Å². The van der Waals surface area contributed by atoms with Gasteiger partial charge in [0, 0.05) is 12.8 Å². The van der Waals surface area contributed by atoms with Crippen LogP contribution in [0.15, 0.2) is 30.3 Å².